The first-order chi connectivity index (χ1) is 19.1. The highest BCUT2D eigenvalue weighted by Crippen LogP contribution is 2.30. The van der Waals surface area contributed by atoms with Crippen molar-refractivity contribution in [3.05, 3.63) is 108 Å². The van der Waals surface area contributed by atoms with Crippen LogP contribution in [0.3, 0.4) is 0 Å². The molecule has 0 aromatic heterocycles. The van der Waals surface area contributed by atoms with Crippen LogP contribution in [0.25, 0.3) is 43.8 Å². The van der Waals surface area contributed by atoms with Gasteiger partial charge in [0.15, 0.2) is 6.10 Å². The molecule has 202 valence electrons. The lowest BCUT2D eigenvalue weighted by Gasteiger charge is -2.16. The van der Waals surface area contributed by atoms with E-state index in [2.05, 4.69) is 10.8 Å². The highest BCUT2D eigenvalue weighted by atomic mass is 19.4. The Bertz CT molecular complexity index is 1720. The third kappa shape index (κ3) is 5.69. The quantitative estimate of drug-likeness (QED) is 0.202. The molecule has 0 aliphatic rings. The molecule has 0 aliphatic heterocycles. The number of rotatable bonds is 6. The molecule has 0 bridgehead atoms. The Kier molecular flexibility index (Phi) is 7.30. The molecule has 0 fully saturated rings. The van der Waals surface area contributed by atoms with Crippen molar-refractivity contribution in [2.75, 3.05) is 6.61 Å². The molecule has 0 heterocycles. The van der Waals surface area contributed by atoms with E-state index in [1.165, 1.54) is 12.1 Å². The number of ether oxygens (including phenoxy) is 2. The molecule has 5 rings (SSSR count). The predicted octanol–water partition coefficient (Wildman–Crippen LogP) is 8.61. The molecule has 7 heteroatoms. The van der Waals surface area contributed by atoms with Gasteiger partial charge in [0.1, 0.15) is 0 Å². The second kappa shape index (κ2) is 10.8. The molecule has 40 heavy (non-hydrogen) atoms. The highest BCUT2D eigenvalue weighted by Gasteiger charge is 2.39. The summed E-state index contributed by atoms with van der Waals surface area (Å²) in [4.78, 5) is 24.2. The Hall–Kier alpha value is -4.65. The van der Waals surface area contributed by atoms with E-state index in [4.69, 9.17) is 4.74 Å². The molecule has 0 amide bonds. The molecule has 0 unspecified atom stereocenters. The smallest absolute Gasteiger partial charge is 0.425 e. The molecular weight excluding hydrogens is 517 g/mol. The molecule has 5 aromatic rings. The van der Waals surface area contributed by atoms with Crippen molar-refractivity contribution in [1.29, 1.82) is 0 Å². The number of alkyl halides is 3. The molecule has 5 aromatic carbocycles. The van der Waals surface area contributed by atoms with Crippen molar-refractivity contribution in [3.63, 3.8) is 0 Å². The summed E-state index contributed by atoms with van der Waals surface area (Å²) in [5.41, 5.74) is 4.62. The van der Waals surface area contributed by atoms with E-state index in [1.807, 2.05) is 66.7 Å². The Morgan fingerprint density at radius 3 is 1.48 bits per heavy atom. The van der Waals surface area contributed by atoms with Crippen molar-refractivity contribution < 1.29 is 32.2 Å². The topological polar surface area (TPSA) is 52.6 Å². The summed E-state index contributed by atoms with van der Waals surface area (Å²) in [7, 11) is 0. The maximum absolute atomic E-state index is 12.7. The summed E-state index contributed by atoms with van der Waals surface area (Å²) in [6.07, 6.45) is -6.79. The number of esters is 2. The number of hydrogen-bond donors (Lipinski definition) is 0. The van der Waals surface area contributed by atoms with E-state index in [1.54, 1.807) is 19.1 Å². The van der Waals surface area contributed by atoms with Gasteiger partial charge in [0.2, 0.25) is 0 Å². The lowest BCUT2D eigenvalue weighted by Crippen LogP contribution is -2.30. The van der Waals surface area contributed by atoms with Gasteiger partial charge in [0, 0.05) is 0 Å². The number of hydrogen-bond acceptors (Lipinski definition) is 4. The minimum Gasteiger partial charge on any atom is -0.462 e. The Morgan fingerprint density at radius 2 is 1.02 bits per heavy atom. The van der Waals surface area contributed by atoms with Crippen molar-refractivity contribution in [3.8, 4) is 22.3 Å². The molecule has 0 spiro atoms. The third-order valence-corrected chi connectivity index (χ3v) is 6.72. The zero-order valence-electron chi connectivity index (χ0n) is 21.8. The van der Waals surface area contributed by atoms with Gasteiger partial charge in [-0.2, -0.15) is 13.2 Å². The lowest BCUT2D eigenvalue weighted by atomic mass is 9.96. The molecular formula is C33H25F3O4. The van der Waals surface area contributed by atoms with E-state index in [9.17, 15) is 22.8 Å². The zero-order chi connectivity index (χ0) is 28.4. The Labute approximate surface area is 229 Å². The van der Waals surface area contributed by atoms with Gasteiger partial charge in [-0.05, 0) is 94.0 Å². The van der Waals surface area contributed by atoms with E-state index in [0.717, 1.165) is 50.7 Å². The average molecular weight is 543 g/mol. The second-order valence-electron chi connectivity index (χ2n) is 9.44. The third-order valence-electron chi connectivity index (χ3n) is 6.72. The minimum absolute atomic E-state index is 0.0632. The van der Waals surface area contributed by atoms with E-state index in [-0.39, 0.29) is 11.5 Å². The van der Waals surface area contributed by atoms with Crippen LogP contribution in [0, 0.1) is 0 Å². The molecule has 0 aliphatic carbocycles. The van der Waals surface area contributed by atoms with E-state index >= 15 is 0 Å². The predicted molar refractivity (Wildman–Crippen MR) is 149 cm³/mol. The summed E-state index contributed by atoms with van der Waals surface area (Å²) in [5.74, 6) is -1.35. The fourth-order valence-electron chi connectivity index (χ4n) is 4.47. The number of fused-ring (bicyclic) bond motifs is 2. The molecule has 0 N–H and O–H groups in total. The van der Waals surface area contributed by atoms with Gasteiger partial charge < -0.3 is 9.47 Å². The molecule has 0 saturated heterocycles. The maximum Gasteiger partial charge on any atom is 0.425 e. The summed E-state index contributed by atoms with van der Waals surface area (Å²) in [6.45, 7) is 2.91. The van der Waals surface area contributed by atoms with Crippen LogP contribution in [0.4, 0.5) is 13.2 Å². The standard InChI is InChI=1S/C33H25F3O4/c1-3-39-31(37)29-14-12-25-16-23(8-10-27(25)18-29)21-4-6-22(7-5-21)24-9-11-28-19-30(15-13-26(28)17-24)32(38)40-20(2)33(34,35)36/h4-20H,3H2,1-2H3/t20-/m0/s1. The average Bonchev–Trinajstić information content (AvgIpc) is 2.95. The SMILES string of the molecule is CCOC(=O)c1ccc2cc(-c3ccc(-c4ccc5cc(C(=O)O[C@@H](C)C(F)(F)F)ccc5c4)cc3)ccc2c1. The van der Waals surface area contributed by atoms with Crippen LogP contribution in [0.15, 0.2) is 97.1 Å². The monoisotopic (exact) mass is 542 g/mol. The van der Waals surface area contributed by atoms with Crippen LogP contribution in [0.5, 0.6) is 0 Å². The number of carbonyl (C=O) groups is 2. The fourth-order valence-corrected chi connectivity index (χ4v) is 4.47. The van der Waals surface area contributed by atoms with Gasteiger partial charge >= 0.3 is 18.1 Å². The second-order valence-corrected chi connectivity index (χ2v) is 9.44. The summed E-state index contributed by atoms with van der Waals surface area (Å²) in [6, 6.07) is 30.1. The highest BCUT2D eigenvalue weighted by molar-refractivity contribution is 5.98. The first kappa shape index (κ1) is 26.9. The van der Waals surface area contributed by atoms with Crippen LogP contribution in [0.1, 0.15) is 34.6 Å². The van der Waals surface area contributed by atoms with Crippen LogP contribution in [-0.2, 0) is 9.47 Å². The number of halogens is 3. The van der Waals surface area contributed by atoms with Gasteiger partial charge in [0.25, 0.3) is 0 Å². The van der Waals surface area contributed by atoms with E-state index < -0.39 is 18.2 Å². The number of benzene rings is 5. The van der Waals surface area contributed by atoms with Gasteiger partial charge in [-0.3, -0.25) is 0 Å². The van der Waals surface area contributed by atoms with Gasteiger partial charge in [-0.15, -0.1) is 0 Å². The lowest BCUT2D eigenvalue weighted by molar-refractivity contribution is -0.198. The van der Waals surface area contributed by atoms with Crippen molar-refractivity contribution >= 4 is 33.5 Å². The van der Waals surface area contributed by atoms with Crippen LogP contribution in [0.2, 0.25) is 0 Å². The summed E-state index contributed by atoms with van der Waals surface area (Å²) >= 11 is 0. The fraction of sp³-hybridized carbons (Fsp3) is 0.152. The molecule has 1 atom stereocenters. The van der Waals surface area contributed by atoms with Crippen LogP contribution < -0.4 is 0 Å². The molecule has 0 saturated carbocycles. The molecule has 4 nitrogen and oxygen atoms in total. The van der Waals surface area contributed by atoms with Gasteiger partial charge in [-0.25, -0.2) is 9.59 Å². The Balaban J connectivity index is 1.34. The first-order valence-electron chi connectivity index (χ1n) is 12.8. The van der Waals surface area contributed by atoms with Crippen molar-refractivity contribution in [1.82, 2.24) is 0 Å². The zero-order valence-corrected chi connectivity index (χ0v) is 21.8. The molecule has 0 radical (unpaired) electrons. The maximum atomic E-state index is 12.7. The number of carbonyl (C=O) groups excluding carboxylic acids is 2. The van der Waals surface area contributed by atoms with Gasteiger partial charge in [-0.1, -0.05) is 60.7 Å². The summed E-state index contributed by atoms with van der Waals surface area (Å²) in [5, 5.41) is 3.53. The minimum atomic E-state index is -4.61. The Morgan fingerprint density at radius 1 is 0.625 bits per heavy atom. The van der Waals surface area contributed by atoms with Crippen LogP contribution >= 0.6 is 0 Å². The summed E-state index contributed by atoms with van der Waals surface area (Å²) < 4.78 is 47.8. The largest absolute Gasteiger partial charge is 0.462 e. The van der Waals surface area contributed by atoms with Gasteiger partial charge in [0.05, 0.1) is 17.7 Å². The first-order valence-corrected chi connectivity index (χ1v) is 12.8. The van der Waals surface area contributed by atoms with E-state index in [0.29, 0.717) is 12.2 Å². The normalized spacial score (nSPS) is 12.3. The van der Waals surface area contributed by atoms with Crippen molar-refractivity contribution in [2.45, 2.75) is 26.1 Å². The van der Waals surface area contributed by atoms with Crippen molar-refractivity contribution in [2.24, 2.45) is 0 Å². The van der Waals surface area contributed by atoms with Crippen LogP contribution in [-0.4, -0.2) is 30.8 Å².